The Bertz CT molecular complexity index is 580. The molecule has 0 saturated heterocycles. The van der Waals surface area contributed by atoms with E-state index in [4.69, 9.17) is 52.5 Å². The Hall–Kier alpha value is -1.42. The zero-order chi connectivity index (χ0) is 31.3. The summed E-state index contributed by atoms with van der Waals surface area (Å²) in [6, 6.07) is 0. The van der Waals surface area contributed by atoms with Gasteiger partial charge in [0.1, 0.15) is 13.2 Å². The zero-order valence-electron chi connectivity index (χ0n) is 26.4. The Labute approximate surface area is 258 Å². The molecular formula is C30H58O13. The second kappa shape index (κ2) is 36.8. The molecule has 0 aliphatic carbocycles. The van der Waals surface area contributed by atoms with Crippen LogP contribution in [0.15, 0.2) is 0 Å². The van der Waals surface area contributed by atoms with Gasteiger partial charge < -0.3 is 52.5 Å². The summed E-state index contributed by atoms with van der Waals surface area (Å²) in [5.74, 6) is -1.14. The minimum Gasteiger partial charge on any atom is -0.480 e. The molecule has 0 atom stereocenters. The summed E-state index contributed by atoms with van der Waals surface area (Å²) in [5.41, 5.74) is 0. The van der Waals surface area contributed by atoms with Crippen LogP contribution < -0.4 is 0 Å². The molecule has 0 aromatic carbocycles. The van der Waals surface area contributed by atoms with Crippen LogP contribution in [0.5, 0.6) is 0 Å². The van der Waals surface area contributed by atoms with E-state index < -0.39 is 5.97 Å². The van der Waals surface area contributed by atoms with Crippen molar-refractivity contribution in [2.75, 3.05) is 126 Å². The summed E-state index contributed by atoms with van der Waals surface area (Å²) < 4.78 is 53.2. The van der Waals surface area contributed by atoms with Gasteiger partial charge in [-0.3, -0.25) is 4.79 Å². The van der Waals surface area contributed by atoms with Gasteiger partial charge in [0.05, 0.1) is 112 Å². The number of aliphatic carboxylic acids is 1. The number of rotatable bonds is 37. The highest BCUT2D eigenvalue weighted by molar-refractivity contribution is 5.69. The number of ether oxygens (including phenoxy) is 10. The van der Waals surface area contributed by atoms with Gasteiger partial charge in [-0.05, 0) is 6.42 Å². The average Bonchev–Trinajstić information content (AvgIpc) is 2.99. The van der Waals surface area contributed by atoms with Crippen molar-refractivity contribution in [3.63, 3.8) is 0 Å². The topological polar surface area (TPSA) is 147 Å². The van der Waals surface area contributed by atoms with Gasteiger partial charge in [0, 0.05) is 6.42 Å². The van der Waals surface area contributed by atoms with E-state index in [0.29, 0.717) is 112 Å². The van der Waals surface area contributed by atoms with Gasteiger partial charge >= 0.3 is 11.9 Å². The molecule has 0 fully saturated rings. The second-order valence-corrected chi connectivity index (χ2v) is 9.44. The Morgan fingerprint density at radius 3 is 1.07 bits per heavy atom. The molecule has 0 aromatic heterocycles. The van der Waals surface area contributed by atoms with E-state index in [1.165, 1.54) is 32.1 Å². The molecule has 13 heteroatoms. The lowest BCUT2D eigenvalue weighted by molar-refractivity contribution is -0.145. The monoisotopic (exact) mass is 626 g/mol. The minimum atomic E-state index is -0.997. The van der Waals surface area contributed by atoms with Crippen molar-refractivity contribution in [1.82, 2.24) is 0 Å². The van der Waals surface area contributed by atoms with Crippen molar-refractivity contribution in [2.45, 2.75) is 58.3 Å². The van der Waals surface area contributed by atoms with Gasteiger partial charge in [-0.1, -0.05) is 45.4 Å². The smallest absolute Gasteiger partial charge is 0.329 e. The summed E-state index contributed by atoms with van der Waals surface area (Å²) in [6.07, 6.45) is 8.76. The zero-order valence-corrected chi connectivity index (χ0v) is 26.4. The third-order valence-electron chi connectivity index (χ3n) is 5.68. The van der Waals surface area contributed by atoms with E-state index >= 15 is 0 Å². The molecule has 0 bridgehead atoms. The van der Waals surface area contributed by atoms with Crippen molar-refractivity contribution in [2.24, 2.45) is 0 Å². The van der Waals surface area contributed by atoms with Crippen LogP contribution in [0.1, 0.15) is 58.3 Å². The molecule has 0 heterocycles. The van der Waals surface area contributed by atoms with Crippen molar-refractivity contribution < 1.29 is 62.1 Å². The maximum absolute atomic E-state index is 11.7. The molecule has 0 aliphatic rings. The van der Waals surface area contributed by atoms with Gasteiger partial charge in [-0.15, -0.1) is 0 Å². The molecule has 0 radical (unpaired) electrons. The SMILES string of the molecule is CCCCCCCCCC(=O)OCCOCCOCCOCCOCCOCCOCCOCCOCCOCC(=O)O. The molecule has 0 aliphatic heterocycles. The lowest BCUT2D eigenvalue weighted by Crippen LogP contribution is -2.15. The molecule has 0 aromatic rings. The highest BCUT2D eigenvalue weighted by atomic mass is 16.6. The fraction of sp³-hybridized carbons (Fsp3) is 0.933. The third kappa shape index (κ3) is 38.6. The van der Waals surface area contributed by atoms with Crippen LogP contribution in [-0.4, -0.2) is 143 Å². The summed E-state index contributed by atoms with van der Waals surface area (Å²) in [4.78, 5) is 21.9. The molecule has 0 rings (SSSR count). The normalized spacial score (nSPS) is 11.3. The third-order valence-corrected chi connectivity index (χ3v) is 5.68. The number of carboxylic acid groups (broad SMARTS) is 1. The second-order valence-electron chi connectivity index (χ2n) is 9.44. The molecule has 0 spiro atoms. The highest BCUT2D eigenvalue weighted by Gasteiger charge is 2.03. The first-order valence-electron chi connectivity index (χ1n) is 15.7. The van der Waals surface area contributed by atoms with Crippen LogP contribution in [-0.2, 0) is 57.0 Å². The average molecular weight is 627 g/mol. The molecule has 43 heavy (non-hydrogen) atoms. The van der Waals surface area contributed by atoms with Crippen LogP contribution >= 0.6 is 0 Å². The Morgan fingerprint density at radius 1 is 0.419 bits per heavy atom. The molecule has 0 amide bonds. The first-order chi connectivity index (χ1) is 21.2. The Morgan fingerprint density at radius 2 is 0.721 bits per heavy atom. The summed E-state index contributed by atoms with van der Waals surface area (Å²) in [7, 11) is 0. The van der Waals surface area contributed by atoms with Crippen molar-refractivity contribution in [1.29, 1.82) is 0 Å². The fourth-order valence-electron chi connectivity index (χ4n) is 3.43. The number of carboxylic acids is 1. The van der Waals surface area contributed by atoms with Gasteiger partial charge in [0.25, 0.3) is 0 Å². The van der Waals surface area contributed by atoms with Crippen LogP contribution in [0.4, 0.5) is 0 Å². The predicted molar refractivity (Wildman–Crippen MR) is 159 cm³/mol. The van der Waals surface area contributed by atoms with E-state index in [2.05, 4.69) is 6.92 Å². The summed E-state index contributed by atoms with van der Waals surface area (Å²) in [5, 5.41) is 8.42. The predicted octanol–water partition coefficient (Wildman–Crippen LogP) is 2.90. The number of unbranched alkanes of at least 4 members (excludes halogenated alkanes) is 6. The molecular weight excluding hydrogens is 568 g/mol. The first kappa shape index (κ1) is 41.6. The van der Waals surface area contributed by atoms with E-state index in [1.54, 1.807) is 0 Å². The molecule has 0 unspecified atom stereocenters. The van der Waals surface area contributed by atoms with Crippen LogP contribution in [0.25, 0.3) is 0 Å². The highest BCUT2D eigenvalue weighted by Crippen LogP contribution is 2.08. The van der Waals surface area contributed by atoms with Gasteiger partial charge in [-0.25, -0.2) is 4.79 Å². The van der Waals surface area contributed by atoms with E-state index in [-0.39, 0.29) is 25.8 Å². The number of carbonyl (C=O) groups is 2. The van der Waals surface area contributed by atoms with E-state index in [9.17, 15) is 9.59 Å². The fourth-order valence-corrected chi connectivity index (χ4v) is 3.43. The molecule has 13 nitrogen and oxygen atoms in total. The first-order valence-corrected chi connectivity index (χ1v) is 15.7. The Kier molecular flexibility index (Phi) is 35.6. The summed E-state index contributed by atoms with van der Waals surface area (Å²) in [6.45, 7) is 9.63. The van der Waals surface area contributed by atoms with Gasteiger partial charge in [-0.2, -0.15) is 0 Å². The number of hydrogen-bond donors (Lipinski definition) is 1. The van der Waals surface area contributed by atoms with Crippen LogP contribution in [0.3, 0.4) is 0 Å². The molecule has 1 N–H and O–H groups in total. The maximum atomic E-state index is 11.7. The van der Waals surface area contributed by atoms with Crippen molar-refractivity contribution in [3.05, 3.63) is 0 Å². The van der Waals surface area contributed by atoms with E-state index in [1.807, 2.05) is 0 Å². The van der Waals surface area contributed by atoms with Gasteiger partial charge in [0.15, 0.2) is 0 Å². The largest absolute Gasteiger partial charge is 0.480 e. The van der Waals surface area contributed by atoms with Crippen LogP contribution in [0, 0.1) is 0 Å². The summed E-state index contributed by atoms with van der Waals surface area (Å²) >= 11 is 0. The minimum absolute atomic E-state index is 0.146. The maximum Gasteiger partial charge on any atom is 0.329 e. The number of carbonyl (C=O) groups excluding carboxylic acids is 1. The lowest BCUT2D eigenvalue weighted by Gasteiger charge is -2.09. The van der Waals surface area contributed by atoms with Crippen LogP contribution in [0.2, 0.25) is 0 Å². The van der Waals surface area contributed by atoms with Crippen molar-refractivity contribution in [3.8, 4) is 0 Å². The van der Waals surface area contributed by atoms with Gasteiger partial charge in [0.2, 0.25) is 0 Å². The number of hydrogen-bond acceptors (Lipinski definition) is 12. The lowest BCUT2D eigenvalue weighted by atomic mass is 10.1. The standard InChI is InChI=1S/C30H58O13/c1-2-3-4-5-6-7-8-9-30(33)43-27-26-41-23-22-39-19-18-37-15-14-35-11-10-34-12-13-36-16-17-38-20-21-40-24-25-42-28-29(31)32/h2-28H2,1H3,(H,31,32). The van der Waals surface area contributed by atoms with E-state index in [0.717, 1.165) is 12.8 Å². The van der Waals surface area contributed by atoms with Crippen molar-refractivity contribution >= 4 is 11.9 Å². The molecule has 256 valence electrons. The Balaban J connectivity index is 3.10. The number of esters is 1. The molecule has 0 saturated carbocycles. The quantitative estimate of drug-likeness (QED) is 0.0797.